The van der Waals surface area contributed by atoms with Gasteiger partial charge in [-0.2, -0.15) is 0 Å². The molecule has 0 N–H and O–H groups in total. The third-order valence-electron chi connectivity index (χ3n) is 3.27. The number of Topliss-reactive ketones (excluding diaryl/α,β-unsaturated/α-hetero) is 1. The molecule has 2 rings (SSSR count). The second-order valence-electron chi connectivity index (χ2n) is 4.87. The lowest BCUT2D eigenvalue weighted by molar-refractivity contribution is 0.0649. The Morgan fingerprint density at radius 2 is 2.32 bits per heavy atom. The molecule has 1 unspecified atom stereocenters. The minimum absolute atomic E-state index is 0.0456. The molecular formula is C15H20O4. The lowest BCUT2D eigenvalue weighted by Gasteiger charge is -2.10. The topological polar surface area (TPSA) is 44.8 Å². The molecule has 19 heavy (non-hydrogen) atoms. The molecule has 1 aromatic carbocycles. The number of carbonyl (C=O) groups excluding carboxylic acids is 1. The van der Waals surface area contributed by atoms with Crippen LogP contribution < -0.4 is 4.74 Å². The molecule has 104 valence electrons. The quantitative estimate of drug-likeness (QED) is 0.739. The molecule has 4 nitrogen and oxygen atoms in total. The molecule has 0 spiro atoms. The maximum atomic E-state index is 12.1. The van der Waals surface area contributed by atoms with E-state index in [1.807, 2.05) is 19.1 Å². The van der Waals surface area contributed by atoms with Crippen molar-refractivity contribution in [2.75, 3.05) is 33.5 Å². The summed E-state index contributed by atoms with van der Waals surface area (Å²) in [6, 6.07) is 5.55. The van der Waals surface area contributed by atoms with Gasteiger partial charge in [0.15, 0.2) is 5.78 Å². The minimum Gasteiger partial charge on any atom is -0.496 e. The highest BCUT2D eigenvalue weighted by Gasteiger charge is 2.17. The number of hydrogen-bond acceptors (Lipinski definition) is 4. The molecule has 0 amide bonds. The highest BCUT2D eigenvalue weighted by atomic mass is 16.5. The first-order chi connectivity index (χ1) is 9.20. The zero-order valence-electron chi connectivity index (χ0n) is 11.5. The Morgan fingerprint density at radius 1 is 1.47 bits per heavy atom. The molecule has 1 atom stereocenters. The third-order valence-corrected chi connectivity index (χ3v) is 3.27. The molecule has 0 saturated carbocycles. The van der Waals surface area contributed by atoms with Gasteiger partial charge in [-0.25, -0.2) is 0 Å². The summed E-state index contributed by atoms with van der Waals surface area (Å²) in [5, 5.41) is 0. The Kier molecular flexibility index (Phi) is 4.93. The summed E-state index contributed by atoms with van der Waals surface area (Å²) >= 11 is 0. The van der Waals surface area contributed by atoms with E-state index in [9.17, 15) is 4.79 Å². The number of carbonyl (C=O) groups is 1. The van der Waals surface area contributed by atoms with E-state index in [4.69, 9.17) is 14.2 Å². The predicted molar refractivity (Wildman–Crippen MR) is 71.8 cm³/mol. The zero-order valence-corrected chi connectivity index (χ0v) is 11.5. The van der Waals surface area contributed by atoms with Crippen molar-refractivity contribution >= 4 is 5.78 Å². The van der Waals surface area contributed by atoms with Gasteiger partial charge in [0, 0.05) is 12.5 Å². The van der Waals surface area contributed by atoms with Crippen LogP contribution in [0.3, 0.4) is 0 Å². The standard InChI is InChI=1S/C15H20O4/c1-11-3-4-13(15(7-11)17-2)14(16)10-19-9-12-5-6-18-8-12/h3-4,7,12H,5-6,8-10H2,1-2H3. The number of hydrogen-bond donors (Lipinski definition) is 0. The molecule has 1 aliphatic rings. The normalized spacial score (nSPS) is 18.5. The smallest absolute Gasteiger partial charge is 0.192 e. The van der Waals surface area contributed by atoms with E-state index in [-0.39, 0.29) is 12.4 Å². The maximum Gasteiger partial charge on any atom is 0.192 e. The van der Waals surface area contributed by atoms with E-state index in [0.717, 1.165) is 25.2 Å². The number of ketones is 1. The van der Waals surface area contributed by atoms with Crippen molar-refractivity contribution < 1.29 is 19.0 Å². The number of aryl methyl sites for hydroxylation is 1. The molecule has 1 aromatic rings. The summed E-state index contributed by atoms with van der Waals surface area (Å²) < 4.78 is 16.0. The Morgan fingerprint density at radius 3 is 3.00 bits per heavy atom. The van der Waals surface area contributed by atoms with Crippen LogP contribution >= 0.6 is 0 Å². The van der Waals surface area contributed by atoms with Gasteiger partial charge in [-0.3, -0.25) is 4.79 Å². The van der Waals surface area contributed by atoms with Crippen LogP contribution in [-0.4, -0.2) is 39.3 Å². The Balaban J connectivity index is 1.88. The van der Waals surface area contributed by atoms with Crippen LogP contribution in [0.25, 0.3) is 0 Å². The van der Waals surface area contributed by atoms with Gasteiger partial charge in [0.25, 0.3) is 0 Å². The zero-order chi connectivity index (χ0) is 13.7. The van der Waals surface area contributed by atoms with Crippen LogP contribution in [0.1, 0.15) is 22.3 Å². The summed E-state index contributed by atoms with van der Waals surface area (Å²) in [7, 11) is 1.57. The Labute approximate surface area is 113 Å². The first-order valence-electron chi connectivity index (χ1n) is 6.54. The van der Waals surface area contributed by atoms with Crippen molar-refractivity contribution in [3.63, 3.8) is 0 Å². The fourth-order valence-corrected chi connectivity index (χ4v) is 2.14. The minimum atomic E-state index is -0.0456. The first-order valence-corrected chi connectivity index (χ1v) is 6.54. The second kappa shape index (κ2) is 6.68. The van der Waals surface area contributed by atoms with Crippen molar-refractivity contribution in [1.82, 2.24) is 0 Å². The molecule has 1 heterocycles. The van der Waals surface area contributed by atoms with E-state index in [2.05, 4.69) is 0 Å². The van der Waals surface area contributed by atoms with Gasteiger partial charge in [-0.05, 0) is 31.0 Å². The van der Waals surface area contributed by atoms with Crippen LogP contribution in [0, 0.1) is 12.8 Å². The van der Waals surface area contributed by atoms with Gasteiger partial charge in [-0.15, -0.1) is 0 Å². The predicted octanol–water partition coefficient (Wildman–Crippen LogP) is 2.24. The Bertz CT molecular complexity index is 436. The van der Waals surface area contributed by atoms with E-state index in [0.29, 0.717) is 23.8 Å². The molecule has 1 aliphatic heterocycles. The summed E-state index contributed by atoms with van der Waals surface area (Å²) in [5.74, 6) is 0.987. The lowest BCUT2D eigenvalue weighted by atomic mass is 10.1. The molecule has 1 saturated heterocycles. The van der Waals surface area contributed by atoms with Crippen molar-refractivity contribution in [3.05, 3.63) is 29.3 Å². The number of ether oxygens (including phenoxy) is 3. The third kappa shape index (κ3) is 3.78. The monoisotopic (exact) mass is 264 g/mol. The highest BCUT2D eigenvalue weighted by molar-refractivity contribution is 5.99. The van der Waals surface area contributed by atoms with Gasteiger partial charge >= 0.3 is 0 Å². The molecule has 0 radical (unpaired) electrons. The van der Waals surface area contributed by atoms with Crippen LogP contribution in [0.4, 0.5) is 0 Å². The number of rotatable bonds is 6. The molecule has 4 heteroatoms. The van der Waals surface area contributed by atoms with Crippen molar-refractivity contribution in [2.24, 2.45) is 5.92 Å². The van der Waals surface area contributed by atoms with E-state index >= 15 is 0 Å². The average Bonchev–Trinajstić information content (AvgIpc) is 2.91. The van der Waals surface area contributed by atoms with Gasteiger partial charge < -0.3 is 14.2 Å². The lowest BCUT2D eigenvalue weighted by Crippen LogP contribution is -2.15. The van der Waals surface area contributed by atoms with Crippen LogP contribution in [-0.2, 0) is 9.47 Å². The van der Waals surface area contributed by atoms with Crippen molar-refractivity contribution in [1.29, 1.82) is 0 Å². The number of benzene rings is 1. The van der Waals surface area contributed by atoms with Crippen LogP contribution in [0.5, 0.6) is 5.75 Å². The van der Waals surface area contributed by atoms with E-state index in [1.165, 1.54) is 0 Å². The summed E-state index contributed by atoms with van der Waals surface area (Å²) in [4.78, 5) is 12.1. The van der Waals surface area contributed by atoms with Gasteiger partial charge in [0.05, 0.1) is 25.9 Å². The summed E-state index contributed by atoms with van der Waals surface area (Å²) in [6.45, 7) is 4.18. The van der Waals surface area contributed by atoms with Crippen molar-refractivity contribution in [3.8, 4) is 5.75 Å². The first kappa shape index (κ1) is 14.0. The molecule has 1 fully saturated rings. The summed E-state index contributed by atoms with van der Waals surface area (Å²) in [6.07, 6.45) is 1.02. The average molecular weight is 264 g/mol. The van der Waals surface area contributed by atoms with Gasteiger partial charge in [-0.1, -0.05) is 6.07 Å². The van der Waals surface area contributed by atoms with Crippen LogP contribution in [0.2, 0.25) is 0 Å². The van der Waals surface area contributed by atoms with Gasteiger partial charge in [0.2, 0.25) is 0 Å². The fourth-order valence-electron chi connectivity index (χ4n) is 2.14. The van der Waals surface area contributed by atoms with Crippen LogP contribution in [0.15, 0.2) is 18.2 Å². The van der Waals surface area contributed by atoms with Gasteiger partial charge in [0.1, 0.15) is 12.4 Å². The van der Waals surface area contributed by atoms with Crippen molar-refractivity contribution in [2.45, 2.75) is 13.3 Å². The number of methoxy groups -OCH3 is 1. The largest absolute Gasteiger partial charge is 0.496 e. The molecule has 0 aliphatic carbocycles. The van der Waals surface area contributed by atoms with E-state index < -0.39 is 0 Å². The highest BCUT2D eigenvalue weighted by Crippen LogP contribution is 2.20. The molecule has 0 bridgehead atoms. The Hall–Kier alpha value is -1.39. The molecular weight excluding hydrogens is 244 g/mol. The second-order valence-corrected chi connectivity index (χ2v) is 4.87. The SMILES string of the molecule is COc1cc(C)ccc1C(=O)COCC1CCOC1. The fraction of sp³-hybridized carbons (Fsp3) is 0.533. The van der Waals surface area contributed by atoms with E-state index in [1.54, 1.807) is 13.2 Å². The summed E-state index contributed by atoms with van der Waals surface area (Å²) in [5.41, 5.74) is 1.65. The maximum absolute atomic E-state index is 12.1. The molecule has 0 aromatic heterocycles.